The molecule has 112 valence electrons. The second-order valence-electron chi connectivity index (χ2n) is 4.30. The number of hydrogen-bond acceptors (Lipinski definition) is 3. The maximum Gasteiger partial charge on any atom is 0.397 e. The fourth-order valence-corrected chi connectivity index (χ4v) is 1.78. The van der Waals surface area contributed by atoms with E-state index >= 15 is 0 Å². The van der Waals surface area contributed by atoms with E-state index in [1.807, 2.05) is 6.07 Å². The molecule has 0 aliphatic heterocycles. The summed E-state index contributed by atoms with van der Waals surface area (Å²) < 4.78 is 37.7. The first kappa shape index (κ1) is 15.0. The molecular formula is C13H13F3N4O. The summed E-state index contributed by atoms with van der Waals surface area (Å²) in [6, 6.07) is 5.36. The first-order valence-corrected chi connectivity index (χ1v) is 6.22. The molecule has 0 spiro atoms. The number of nitrogens with zero attached hydrogens (tertiary/aromatic N) is 3. The van der Waals surface area contributed by atoms with Crippen LogP contribution in [0.25, 0.3) is 11.5 Å². The molecule has 21 heavy (non-hydrogen) atoms. The molecule has 1 amide bonds. The molecular weight excluding hydrogens is 285 g/mol. The zero-order valence-electron chi connectivity index (χ0n) is 11.0. The van der Waals surface area contributed by atoms with Crippen molar-refractivity contribution < 1.29 is 18.0 Å². The molecule has 2 aromatic rings. The smallest absolute Gasteiger partial charge is 0.354 e. The number of pyridine rings is 1. The van der Waals surface area contributed by atoms with Crippen LogP contribution in [0.2, 0.25) is 0 Å². The van der Waals surface area contributed by atoms with Gasteiger partial charge >= 0.3 is 6.18 Å². The summed E-state index contributed by atoms with van der Waals surface area (Å²) in [7, 11) is 0. The number of carbonyl (C=O) groups is 1. The molecule has 8 heteroatoms. The summed E-state index contributed by atoms with van der Waals surface area (Å²) in [6.07, 6.45) is -1.08. The van der Waals surface area contributed by atoms with E-state index in [1.54, 1.807) is 35.3 Å². The largest absolute Gasteiger partial charge is 0.397 e. The zero-order chi connectivity index (χ0) is 15.3. The van der Waals surface area contributed by atoms with Crippen molar-refractivity contribution in [1.82, 2.24) is 19.9 Å². The molecule has 0 atom stereocenters. The van der Waals surface area contributed by atoms with E-state index in [9.17, 15) is 18.0 Å². The van der Waals surface area contributed by atoms with Crippen LogP contribution < -0.4 is 5.32 Å². The highest BCUT2D eigenvalue weighted by molar-refractivity contribution is 5.76. The lowest BCUT2D eigenvalue weighted by atomic mass is 10.3. The van der Waals surface area contributed by atoms with E-state index in [1.165, 1.54) is 0 Å². The van der Waals surface area contributed by atoms with Gasteiger partial charge in [0.05, 0.1) is 0 Å². The van der Waals surface area contributed by atoms with Crippen LogP contribution in [-0.2, 0) is 11.3 Å². The van der Waals surface area contributed by atoms with Gasteiger partial charge in [-0.3, -0.25) is 9.78 Å². The van der Waals surface area contributed by atoms with Crippen molar-refractivity contribution in [2.45, 2.75) is 19.1 Å². The van der Waals surface area contributed by atoms with Gasteiger partial charge in [0.1, 0.15) is 12.1 Å². The van der Waals surface area contributed by atoms with Crippen molar-refractivity contribution in [2.75, 3.05) is 6.54 Å². The third kappa shape index (κ3) is 4.59. The SMILES string of the molecule is O=C(CC(F)(F)F)NCCn1ccnc1-c1ccccn1. The van der Waals surface area contributed by atoms with Crippen molar-refractivity contribution in [3.05, 3.63) is 36.8 Å². The molecule has 0 bridgehead atoms. The highest BCUT2D eigenvalue weighted by Gasteiger charge is 2.30. The van der Waals surface area contributed by atoms with Gasteiger partial charge in [-0.25, -0.2) is 4.98 Å². The average molecular weight is 298 g/mol. The quantitative estimate of drug-likeness (QED) is 0.918. The fourth-order valence-electron chi connectivity index (χ4n) is 1.78. The third-order valence-electron chi connectivity index (χ3n) is 2.65. The van der Waals surface area contributed by atoms with Gasteiger partial charge in [-0.1, -0.05) is 6.07 Å². The Hall–Kier alpha value is -2.38. The van der Waals surface area contributed by atoms with Crippen LogP contribution in [0.4, 0.5) is 13.2 Å². The van der Waals surface area contributed by atoms with Gasteiger partial charge in [0.25, 0.3) is 0 Å². The summed E-state index contributed by atoms with van der Waals surface area (Å²) in [6.45, 7) is 0.403. The van der Waals surface area contributed by atoms with Gasteiger partial charge in [0.15, 0.2) is 5.82 Å². The molecule has 0 saturated heterocycles. The van der Waals surface area contributed by atoms with Crippen LogP contribution in [0, 0.1) is 0 Å². The van der Waals surface area contributed by atoms with Gasteiger partial charge < -0.3 is 9.88 Å². The fraction of sp³-hybridized carbons (Fsp3) is 0.308. The van der Waals surface area contributed by atoms with Crippen LogP contribution in [0.15, 0.2) is 36.8 Å². The lowest BCUT2D eigenvalue weighted by Crippen LogP contribution is -2.31. The summed E-state index contributed by atoms with van der Waals surface area (Å²) in [5, 5.41) is 2.23. The van der Waals surface area contributed by atoms with Gasteiger partial charge in [-0.2, -0.15) is 13.2 Å². The highest BCUT2D eigenvalue weighted by Crippen LogP contribution is 2.18. The van der Waals surface area contributed by atoms with Crippen molar-refractivity contribution in [1.29, 1.82) is 0 Å². The number of alkyl halides is 3. The first-order chi connectivity index (χ1) is 9.96. The maximum atomic E-state index is 12.0. The Kier molecular flexibility index (Phi) is 4.56. The van der Waals surface area contributed by atoms with Crippen LogP contribution in [0.3, 0.4) is 0 Å². The van der Waals surface area contributed by atoms with Crippen molar-refractivity contribution in [3.63, 3.8) is 0 Å². The minimum atomic E-state index is -4.49. The Bertz CT molecular complexity index is 595. The predicted octanol–water partition coefficient (Wildman–Crippen LogP) is 2.01. The molecule has 0 aliphatic carbocycles. The molecule has 0 aliphatic rings. The summed E-state index contributed by atoms with van der Waals surface area (Å²) in [4.78, 5) is 19.4. The lowest BCUT2D eigenvalue weighted by Gasteiger charge is -2.10. The van der Waals surface area contributed by atoms with E-state index in [2.05, 4.69) is 15.3 Å². The van der Waals surface area contributed by atoms with E-state index in [-0.39, 0.29) is 6.54 Å². The standard InChI is InChI=1S/C13H13F3N4O/c14-13(15,16)9-11(21)18-5-7-20-8-6-19-12(20)10-3-1-2-4-17-10/h1-4,6,8H,5,7,9H2,(H,18,21). The minimum absolute atomic E-state index is 0.0884. The first-order valence-electron chi connectivity index (χ1n) is 6.22. The average Bonchev–Trinajstić information content (AvgIpc) is 2.86. The normalized spacial score (nSPS) is 11.4. The van der Waals surface area contributed by atoms with Crippen molar-refractivity contribution in [2.24, 2.45) is 0 Å². The topological polar surface area (TPSA) is 59.8 Å². The molecule has 2 rings (SSSR count). The second-order valence-corrected chi connectivity index (χ2v) is 4.30. The molecule has 0 radical (unpaired) electrons. The molecule has 5 nitrogen and oxygen atoms in total. The number of rotatable bonds is 5. The van der Waals surface area contributed by atoms with E-state index in [4.69, 9.17) is 0 Å². The predicted molar refractivity (Wildman–Crippen MR) is 69.1 cm³/mol. The van der Waals surface area contributed by atoms with Crippen molar-refractivity contribution >= 4 is 5.91 Å². The Balaban J connectivity index is 1.91. The Labute approximate surface area is 118 Å². The monoisotopic (exact) mass is 298 g/mol. The number of carbonyl (C=O) groups excluding carboxylic acids is 1. The number of halogens is 3. The molecule has 0 fully saturated rings. The van der Waals surface area contributed by atoms with Crippen LogP contribution in [-0.4, -0.2) is 33.2 Å². The zero-order valence-corrected chi connectivity index (χ0v) is 11.0. The molecule has 2 heterocycles. The van der Waals surface area contributed by atoms with Crippen LogP contribution in [0.5, 0.6) is 0 Å². The lowest BCUT2D eigenvalue weighted by molar-refractivity contribution is -0.153. The van der Waals surface area contributed by atoms with Gasteiger partial charge in [0.2, 0.25) is 5.91 Å². The van der Waals surface area contributed by atoms with E-state index in [0.717, 1.165) is 0 Å². The summed E-state index contributed by atoms with van der Waals surface area (Å²) >= 11 is 0. The minimum Gasteiger partial charge on any atom is -0.354 e. The second kappa shape index (κ2) is 6.38. The highest BCUT2D eigenvalue weighted by atomic mass is 19.4. The number of nitrogens with one attached hydrogen (secondary N) is 1. The van der Waals surface area contributed by atoms with Crippen LogP contribution in [0.1, 0.15) is 6.42 Å². The third-order valence-corrected chi connectivity index (χ3v) is 2.65. The summed E-state index contributed by atoms with van der Waals surface area (Å²) in [5.41, 5.74) is 0.657. The number of hydrogen-bond donors (Lipinski definition) is 1. The van der Waals surface area contributed by atoms with Gasteiger partial charge in [0, 0.05) is 31.7 Å². The van der Waals surface area contributed by atoms with Gasteiger partial charge in [-0.05, 0) is 12.1 Å². The Morgan fingerprint density at radius 1 is 1.24 bits per heavy atom. The number of amides is 1. The molecule has 0 aromatic carbocycles. The molecule has 1 N–H and O–H groups in total. The number of imidazole rings is 1. The van der Waals surface area contributed by atoms with Crippen LogP contribution >= 0.6 is 0 Å². The van der Waals surface area contributed by atoms with E-state index < -0.39 is 18.5 Å². The maximum absolute atomic E-state index is 12.0. The number of aromatic nitrogens is 3. The summed E-state index contributed by atoms with van der Waals surface area (Å²) in [5.74, 6) is -0.442. The Morgan fingerprint density at radius 2 is 2.05 bits per heavy atom. The Morgan fingerprint density at radius 3 is 2.71 bits per heavy atom. The molecule has 0 saturated carbocycles. The van der Waals surface area contributed by atoms with Gasteiger partial charge in [-0.15, -0.1) is 0 Å². The molecule has 2 aromatic heterocycles. The van der Waals surface area contributed by atoms with Crippen molar-refractivity contribution in [3.8, 4) is 11.5 Å². The van der Waals surface area contributed by atoms with E-state index in [0.29, 0.717) is 18.1 Å². The molecule has 0 unspecified atom stereocenters.